The number of furan rings is 1. The summed E-state index contributed by atoms with van der Waals surface area (Å²) in [6, 6.07) is 34.0. The number of allylic oxidation sites excluding steroid dienone is 1. The summed E-state index contributed by atoms with van der Waals surface area (Å²) in [4.78, 5) is 0. The van der Waals surface area contributed by atoms with E-state index in [1.807, 2.05) is 0 Å². The van der Waals surface area contributed by atoms with Crippen LogP contribution in [-0.4, -0.2) is 0 Å². The van der Waals surface area contributed by atoms with Crippen LogP contribution >= 0.6 is 0 Å². The highest BCUT2D eigenvalue weighted by Gasteiger charge is 2.67. The average molecular weight is 623 g/mol. The molecule has 3 aliphatic rings. The maximum absolute atomic E-state index is 7.09. The summed E-state index contributed by atoms with van der Waals surface area (Å²) < 4.78 is 12.2. The lowest BCUT2D eigenvalue weighted by Gasteiger charge is -2.23. The molecular formula is C45H38N2O+2. The number of pyridine rings is 2. The third-order valence-electron chi connectivity index (χ3n) is 11.0. The Hall–Kier alpha value is -5.28. The first kappa shape index (κ1) is 27.8. The molecule has 0 saturated heterocycles. The molecule has 48 heavy (non-hydrogen) atoms. The smallest absolute Gasteiger partial charge is 0.417 e. The van der Waals surface area contributed by atoms with Gasteiger partial charge in [0.2, 0.25) is 11.4 Å². The number of aryl methyl sites for hydroxylation is 2. The number of hydrogen-bond donors (Lipinski definition) is 0. The summed E-state index contributed by atoms with van der Waals surface area (Å²) in [5.41, 5.74) is 18.1. The standard InChI is InChI=1S/C45H38N2O/c1-27-12-10-13-28(2)40(27)35-26-47-39(24-30(35)25-44(3,4)5)41-37(45(47)36-17-7-6-15-34(36)38-18-8-9-23-46(38)45)22-21-33-32-20-19-29-14-11-16-31(29)42(32)48-43(33)41/h6-13,15-24,26H,14,25H2,1-5H3/q+2. The molecule has 232 valence electrons. The van der Waals surface area contributed by atoms with Crippen molar-refractivity contribution < 1.29 is 13.6 Å². The quantitative estimate of drug-likeness (QED) is 0.176. The molecule has 5 heterocycles. The van der Waals surface area contributed by atoms with Gasteiger partial charge in [0.05, 0.1) is 5.56 Å². The van der Waals surface area contributed by atoms with E-state index < -0.39 is 5.66 Å². The van der Waals surface area contributed by atoms with E-state index in [0.717, 1.165) is 24.0 Å². The van der Waals surface area contributed by atoms with Gasteiger partial charge in [0, 0.05) is 40.1 Å². The predicted molar refractivity (Wildman–Crippen MR) is 194 cm³/mol. The van der Waals surface area contributed by atoms with E-state index in [1.54, 1.807) is 0 Å². The molecule has 0 fully saturated rings. The fourth-order valence-corrected chi connectivity index (χ4v) is 9.15. The predicted octanol–water partition coefficient (Wildman–Crippen LogP) is 9.86. The Balaban J connectivity index is 1.41. The summed E-state index contributed by atoms with van der Waals surface area (Å²) in [6.45, 7) is 11.6. The number of rotatable bonds is 2. The van der Waals surface area contributed by atoms with Gasteiger partial charge in [-0.15, -0.1) is 9.13 Å². The van der Waals surface area contributed by atoms with Crippen LogP contribution in [0.4, 0.5) is 0 Å². The third-order valence-corrected chi connectivity index (χ3v) is 11.0. The normalized spacial score (nSPS) is 16.9. The molecule has 3 aromatic heterocycles. The lowest BCUT2D eigenvalue weighted by molar-refractivity contribution is -0.954. The van der Waals surface area contributed by atoms with E-state index in [-0.39, 0.29) is 5.41 Å². The molecule has 1 aliphatic carbocycles. The van der Waals surface area contributed by atoms with Crippen molar-refractivity contribution in [2.75, 3.05) is 0 Å². The van der Waals surface area contributed by atoms with Crippen LogP contribution in [0.2, 0.25) is 0 Å². The summed E-state index contributed by atoms with van der Waals surface area (Å²) in [6.07, 6.45) is 11.2. The fraction of sp³-hybridized carbons (Fsp3) is 0.200. The minimum atomic E-state index is -0.613. The third kappa shape index (κ3) is 3.49. The van der Waals surface area contributed by atoms with Crippen LogP contribution in [0.15, 0.2) is 114 Å². The van der Waals surface area contributed by atoms with Crippen molar-refractivity contribution >= 4 is 28.0 Å². The second-order valence-electron chi connectivity index (χ2n) is 15.2. The zero-order valence-corrected chi connectivity index (χ0v) is 28.2. The highest BCUT2D eigenvalue weighted by molar-refractivity contribution is 6.12. The molecule has 1 atom stereocenters. The molecule has 3 heteroatoms. The first-order chi connectivity index (χ1) is 23.3. The summed E-state index contributed by atoms with van der Waals surface area (Å²) in [7, 11) is 0. The van der Waals surface area contributed by atoms with Crippen LogP contribution in [-0.2, 0) is 18.5 Å². The van der Waals surface area contributed by atoms with Crippen molar-refractivity contribution in [2.24, 2.45) is 5.41 Å². The van der Waals surface area contributed by atoms with Crippen molar-refractivity contribution in [3.8, 4) is 33.6 Å². The lowest BCUT2D eigenvalue weighted by atomic mass is 9.83. The van der Waals surface area contributed by atoms with Crippen LogP contribution in [0.5, 0.6) is 0 Å². The van der Waals surface area contributed by atoms with Crippen LogP contribution < -0.4 is 9.13 Å². The molecule has 1 spiro atoms. The van der Waals surface area contributed by atoms with Crippen molar-refractivity contribution in [3.63, 3.8) is 0 Å². The Bertz CT molecular complexity index is 2510. The fourth-order valence-electron chi connectivity index (χ4n) is 9.15. The first-order valence-electron chi connectivity index (χ1n) is 17.2. The molecule has 3 nitrogen and oxygen atoms in total. The molecule has 0 N–H and O–H groups in total. The molecule has 10 rings (SSSR count). The maximum atomic E-state index is 7.09. The van der Waals surface area contributed by atoms with Gasteiger partial charge in [0.15, 0.2) is 12.4 Å². The molecule has 0 amide bonds. The summed E-state index contributed by atoms with van der Waals surface area (Å²) >= 11 is 0. The molecule has 0 bridgehead atoms. The number of fused-ring (bicyclic) bond motifs is 16. The van der Waals surface area contributed by atoms with Gasteiger partial charge in [-0.3, -0.25) is 0 Å². The molecule has 1 unspecified atom stereocenters. The van der Waals surface area contributed by atoms with Crippen LogP contribution in [0, 0.1) is 19.3 Å². The maximum Gasteiger partial charge on any atom is 0.417 e. The van der Waals surface area contributed by atoms with Gasteiger partial charge in [-0.1, -0.05) is 75.4 Å². The van der Waals surface area contributed by atoms with Gasteiger partial charge >= 0.3 is 5.66 Å². The Morgan fingerprint density at radius 3 is 2.31 bits per heavy atom. The minimum Gasteiger partial charge on any atom is -0.454 e. The number of hydrogen-bond acceptors (Lipinski definition) is 1. The van der Waals surface area contributed by atoms with E-state index >= 15 is 0 Å². The lowest BCUT2D eigenvalue weighted by Crippen LogP contribution is -2.71. The molecular weight excluding hydrogens is 585 g/mol. The van der Waals surface area contributed by atoms with Crippen molar-refractivity contribution in [1.29, 1.82) is 0 Å². The first-order valence-corrected chi connectivity index (χ1v) is 17.2. The zero-order chi connectivity index (χ0) is 32.5. The van der Waals surface area contributed by atoms with Gasteiger partial charge in [0.25, 0.3) is 0 Å². The second kappa shape index (κ2) is 9.41. The summed E-state index contributed by atoms with van der Waals surface area (Å²) in [5.74, 6) is 0. The summed E-state index contributed by atoms with van der Waals surface area (Å²) in [5, 5.41) is 2.36. The van der Waals surface area contributed by atoms with Gasteiger partial charge in [-0.25, -0.2) is 0 Å². The van der Waals surface area contributed by atoms with E-state index in [1.165, 1.54) is 83.4 Å². The SMILES string of the molecule is Cc1cccc(C)c1-c1c[n+]2c(cc1CC(C)(C)C)-c1c(ccc3c1oc1c4c(ccc13)CC=C4)C21c2ccccc2-c2cccc[n+]21. The molecule has 0 saturated carbocycles. The van der Waals surface area contributed by atoms with E-state index in [2.05, 4.69) is 159 Å². The zero-order valence-electron chi connectivity index (χ0n) is 28.2. The van der Waals surface area contributed by atoms with Crippen molar-refractivity contribution in [2.45, 2.75) is 53.1 Å². The Morgan fingerprint density at radius 1 is 0.708 bits per heavy atom. The number of benzene rings is 4. The Labute approximate surface area is 281 Å². The molecule has 2 aliphatic heterocycles. The Morgan fingerprint density at radius 2 is 1.48 bits per heavy atom. The van der Waals surface area contributed by atoms with Crippen molar-refractivity contribution in [1.82, 2.24) is 0 Å². The molecule has 0 radical (unpaired) electrons. The van der Waals surface area contributed by atoms with E-state index in [0.29, 0.717) is 0 Å². The number of nitrogens with zero attached hydrogens (tertiary/aromatic N) is 2. The van der Waals surface area contributed by atoms with Crippen LogP contribution in [0.25, 0.3) is 61.7 Å². The van der Waals surface area contributed by atoms with Gasteiger partial charge in [-0.2, -0.15) is 0 Å². The minimum absolute atomic E-state index is 0.100. The van der Waals surface area contributed by atoms with Gasteiger partial charge in [-0.05, 0) is 90.3 Å². The highest BCUT2D eigenvalue weighted by Crippen LogP contribution is 2.52. The van der Waals surface area contributed by atoms with E-state index in [4.69, 9.17) is 4.42 Å². The van der Waals surface area contributed by atoms with Gasteiger partial charge < -0.3 is 4.42 Å². The monoisotopic (exact) mass is 622 g/mol. The second-order valence-corrected chi connectivity index (χ2v) is 15.2. The average Bonchev–Trinajstić information content (AvgIpc) is 3.82. The van der Waals surface area contributed by atoms with E-state index in [9.17, 15) is 0 Å². The topological polar surface area (TPSA) is 20.9 Å². The number of aromatic nitrogens is 2. The van der Waals surface area contributed by atoms with Gasteiger partial charge in [0.1, 0.15) is 27.9 Å². The van der Waals surface area contributed by atoms with Crippen molar-refractivity contribution in [3.05, 3.63) is 148 Å². The molecule has 7 aromatic rings. The Kier molecular flexibility index (Phi) is 5.45. The molecule has 4 aromatic carbocycles. The van der Waals surface area contributed by atoms with Crippen LogP contribution in [0.1, 0.15) is 59.7 Å². The highest BCUT2D eigenvalue weighted by atomic mass is 16.3. The van der Waals surface area contributed by atoms with Crippen LogP contribution in [0.3, 0.4) is 0 Å². The largest absolute Gasteiger partial charge is 0.454 e.